The molecule has 0 N–H and O–H groups in total. The van der Waals surface area contributed by atoms with E-state index >= 15 is 0 Å². The lowest BCUT2D eigenvalue weighted by Crippen LogP contribution is -2.35. The van der Waals surface area contributed by atoms with Crippen molar-refractivity contribution < 1.29 is 9.53 Å². The Hall–Kier alpha value is -1.02. The van der Waals surface area contributed by atoms with Crippen LogP contribution in [0.3, 0.4) is 0 Å². The number of halogens is 1. The highest BCUT2D eigenvalue weighted by Gasteiger charge is 2.35. The number of methoxy groups -OCH3 is 1. The molecule has 0 radical (unpaired) electrons. The Balaban J connectivity index is 3.08. The van der Waals surface area contributed by atoms with Crippen molar-refractivity contribution in [2.75, 3.05) is 13.0 Å². The molecule has 0 spiro atoms. The van der Waals surface area contributed by atoms with Crippen LogP contribution in [0.5, 0.6) is 0 Å². The number of carbonyl (C=O) groups is 1. The zero-order valence-corrected chi connectivity index (χ0v) is 9.04. The van der Waals surface area contributed by atoms with Gasteiger partial charge in [0.15, 0.2) is 0 Å². The number of hydrogen-bond donors (Lipinski definition) is 0. The Morgan fingerprint density at radius 2 is 2.00 bits per heavy atom. The summed E-state index contributed by atoms with van der Waals surface area (Å²) in [6.45, 7) is 1.78. The number of ether oxygens (including phenoxy) is 1. The van der Waals surface area contributed by atoms with E-state index < -0.39 is 5.41 Å². The zero-order valence-electron chi connectivity index (χ0n) is 8.29. The Labute approximate surface area is 88.8 Å². The van der Waals surface area contributed by atoms with Crippen molar-refractivity contribution in [3.8, 4) is 0 Å². The van der Waals surface area contributed by atoms with Crippen molar-refractivity contribution in [2.24, 2.45) is 0 Å². The van der Waals surface area contributed by atoms with Gasteiger partial charge in [-0.25, -0.2) is 0 Å². The average Bonchev–Trinajstić information content (AvgIpc) is 2.28. The fraction of sp³-hybridized carbons (Fsp3) is 0.364. The molecule has 3 heteroatoms. The maximum atomic E-state index is 11.6. The number of alkyl halides is 1. The van der Waals surface area contributed by atoms with Crippen molar-refractivity contribution in [3.05, 3.63) is 35.9 Å². The van der Waals surface area contributed by atoms with Crippen LogP contribution in [0.15, 0.2) is 30.3 Å². The zero-order chi connectivity index (χ0) is 10.6. The third-order valence-corrected chi connectivity index (χ3v) is 2.85. The van der Waals surface area contributed by atoms with Gasteiger partial charge in [-0.3, -0.25) is 4.79 Å². The molecule has 0 saturated carbocycles. The number of carbonyl (C=O) groups excluding carboxylic acids is 1. The van der Waals surface area contributed by atoms with Crippen molar-refractivity contribution in [2.45, 2.75) is 12.3 Å². The molecule has 2 nitrogen and oxygen atoms in total. The fourth-order valence-corrected chi connectivity index (χ4v) is 1.54. The van der Waals surface area contributed by atoms with E-state index in [0.717, 1.165) is 5.56 Å². The first-order valence-electron chi connectivity index (χ1n) is 4.35. The van der Waals surface area contributed by atoms with Gasteiger partial charge in [0.25, 0.3) is 0 Å². The summed E-state index contributed by atoms with van der Waals surface area (Å²) in [5.41, 5.74) is 0.124. The molecule has 0 aliphatic carbocycles. The Morgan fingerprint density at radius 1 is 1.43 bits per heavy atom. The topological polar surface area (TPSA) is 26.3 Å². The van der Waals surface area contributed by atoms with E-state index in [1.54, 1.807) is 6.92 Å². The summed E-state index contributed by atoms with van der Waals surface area (Å²) in [6.07, 6.45) is 0. The molecule has 0 saturated heterocycles. The lowest BCUT2D eigenvalue weighted by Gasteiger charge is -2.24. The molecule has 14 heavy (non-hydrogen) atoms. The second-order valence-electron chi connectivity index (χ2n) is 3.32. The predicted octanol–water partition coefficient (Wildman–Crippen LogP) is 2.36. The summed E-state index contributed by atoms with van der Waals surface area (Å²) in [5, 5.41) is 0. The van der Waals surface area contributed by atoms with Gasteiger partial charge in [0.05, 0.1) is 7.11 Å². The maximum Gasteiger partial charge on any atom is 0.317 e. The highest BCUT2D eigenvalue weighted by Crippen LogP contribution is 2.26. The Bertz CT molecular complexity index is 310. The lowest BCUT2D eigenvalue weighted by molar-refractivity contribution is -0.146. The lowest BCUT2D eigenvalue weighted by atomic mass is 9.84. The molecule has 76 valence electrons. The van der Waals surface area contributed by atoms with Gasteiger partial charge in [-0.05, 0) is 12.5 Å². The second kappa shape index (κ2) is 4.47. The second-order valence-corrected chi connectivity index (χ2v) is 3.59. The normalized spacial score (nSPS) is 14.5. The van der Waals surface area contributed by atoms with Crippen LogP contribution in [0.1, 0.15) is 12.5 Å². The van der Waals surface area contributed by atoms with Crippen LogP contribution in [-0.4, -0.2) is 19.0 Å². The van der Waals surface area contributed by atoms with Crippen molar-refractivity contribution in [1.29, 1.82) is 0 Å². The minimum absolute atomic E-state index is 0.212. The van der Waals surface area contributed by atoms with E-state index in [0.29, 0.717) is 0 Å². The molecule has 0 amide bonds. The van der Waals surface area contributed by atoms with Crippen molar-refractivity contribution in [3.63, 3.8) is 0 Å². The first-order chi connectivity index (χ1) is 6.65. The molecular weight excluding hydrogens is 200 g/mol. The molecule has 1 aromatic carbocycles. The van der Waals surface area contributed by atoms with Crippen LogP contribution >= 0.6 is 11.6 Å². The number of rotatable bonds is 3. The highest BCUT2D eigenvalue weighted by atomic mass is 35.5. The van der Waals surface area contributed by atoms with Gasteiger partial charge in [-0.1, -0.05) is 30.3 Å². The molecule has 0 aliphatic heterocycles. The SMILES string of the molecule is COC(=O)C(C)(CCl)c1ccccc1. The van der Waals surface area contributed by atoms with E-state index in [2.05, 4.69) is 0 Å². The van der Waals surface area contributed by atoms with E-state index in [1.165, 1.54) is 7.11 Å². The maximum absolute atomic E-state index is 11.6. The van der Waals surface area contributed by atoms with Crippen LogP contribution in [-0.2, 0) is 14.9 Å². The summed E-state index contributed by atoms with van der Waals surface area (Å²) in [6, 6.07) is 9.40. The molecule has 0 bridgehead atoms. The summed E-state index contributed by atoms with van der Waals surface area (Å²) >= 11 is 5.82. The van der Waals surface area contributed by atoms with Gasteiger partial charge in [-0.2, -0.15) is 0 Å². The van der Waals surface area contributed by atoms with Gasteiger partial charge < -0.3 is 4.74 Å². The minimum Gasteiger partial charge on any atom is -0.468 e. The summed E-state index contributed by atoms with van der Waals surface area (Å²) in [4.78, 5) is 11.6. The molecular formula is C11H13ClO2. The molecule has 0 fully saturated rings. The number of benzene rings is 1. The quantitative estimate of drug-likeness (QED) is 0.568. The summed E-state index contributed by atoms with van der Waals surface area (Å²) in [7, 11) is 1.37. The molecule has 0 aromatic heterocycles. The van der Waals surface area contributed by atoms with Gasteiger partial charge in [-0.15, -0.1) is 11.6 Å². The first-order valence-corrected chi connectivity index (χ1v) is 4.88. The number of hydrogen-bond acceptors (Lipinski definition) is 2. The fourth-order valence-electron chi connectivity index (χ4n) is 1.28. The minimum atomic E-state index is -0.752. The van der Waals surface area contributed by atoms with Crippen LogP contribution in [0, 0.1) is 0 Å². The van der Waals surface area contributed by atoms with Crippen molar-refractivity contribution >= 4 is 17.6 Å². The van der Waals surface area contributed by atoms with E-state index in [1.807, 2.05) is 30.3 Å². The first kappa shape index (κ1) is 11.1. The molecule has 0 aliphatic rings. The molecule has 0 heterocycles. The molecule has 1 unspecified atom stereocenters. The predicted molar refractivity (Wildman–Crippen MR) is 56.5 cm³/mol. The Kier molecular flexibility index (Phi) is 3.53. The third-order valence-electron chi connectivity index (χ3n) is 2.31. The largest absolute Gasteiger partial charge is 0.468 e. The molecule has 1 aromatic rings. The van der Waals surface area contributed by atoms with Crippen LogP contribution < -0.4 is 0 Å². The molecule has 1 atom stereocenters. The monoisotopic (exact) mass is 212 g/mol. The molecule has 1 rings (SSSR count). The third kappa shape index (κ3) is 1.90. The summed E-state index contributed by atoms with van der Waals surface area (Å²) < 4.78 is 4.74. The summed E-state index contributed by atoms with van der Waals surface area (Å²) in [5.74, 6) is -0.0948. The average molecular weight is 213 g/mol. The number of esters is 1. The van der Waals surface area contributed by atoms with Crippen LogP contribution in [0.25, 0.3) is 0 Å². The van der Waals surface area contributed by atoms with Gasteiger partial charge in [0, 0.05) is 5.88 Å². The van der Waals surface area contributed by atoms with Crippen LogP contribution in [0.2, 0.25) is 0 Å². The smallest absolute Gasteiger partial charge is 0.317 e. The van der Waals surface area contributed by atoms with Gasteiger partial charge >= 0.3 is 5.97 Å². The highest BCUT2D eigenvalue weighted by molar-refractivity contribution is 6.20. The standard InChI is InChI=1S/C11H13ClO2/c1-11(8-12,10(13)14-2)9-6-4-3-5-7-9/h3-7H,8H2,1-2H3. The van der Waals surface area contributed by atoms with Gasteiger partial charge in [0.2, 0.25) is 0 Å². The van der Waals surface area contributed by atoms with E-state index in [9.17, 15) is 4.79 Å². The van der Waals surface area contributed by atoms with Gasteiger partial charge in [0.1, 0.15) is 5.41 Å². The van der Waals surface area contributed by atoms with E-state index in [-0.39, 0.29) is 11.8 Å². The van der Waals surface area contributed by atoms with E-state index in [4.69, 9.17) is 16.3 Å². The van der Waals surface area contributed by atoms with Crippen LogP contribution in [0.4, 0.5) is 0 Å². The van der Waals surface area contributed by atoms with Crippen molar-refractivity contribution in [1.82, 2.24) is 0 Å². The Morgan fingerprint density at radius 3 is 2.43 bits per heavy atom.